The van der Waals surface area contributed by atoms with Crippen molar-refractivity contribution in [3.05, 3.63) is 95.2 Å². The van der Waals surface area contributed by atoms with Gasteiger partial charge in [-0.05, 0) is 50.0 Å². The molecule has 4 nitrogen and oxygen atoms in total. The van der Waals surface area contributed by atoms with Gasteiger partial charge in [-0.3, -0.25) is 19.2 Å². The molecule has 0 N–H and O–H groups in total. The average molecular weight is 595 g/mol. The van der Waals surface area contributed by atoms with Gasteiger partial charge in [-0.15, -0.1) is 0 Å². The predicted octanol–water partition coefficient (Wildman–Crippen LogP) is 8.64. The number of rotatable bonds is 8. The Morgan fingerprint density at radius 3 is 1.66 bits per heavy atom. The molecule has 2 rings (SSSR count). The van der Waals surface area contributed by atoms with Crippen LogP contribution in [0.1, 0.15) is 82.1 Å². The summed E-state index contributed by atoms with van der Waals surface area (Å²) in [6, 6.07) is 0. The van der Waals surface area contributed by atoms with Crippen molar-refractivity contribution < 1.29 is 19.2 Å². The van der Waals surface area contributed by atoms with Crippen molar-refractivity contribution >= 4 is 23.1 Å². The van der Waals surface area contributed by atoms with E-state index in [0.29, 0.717) is 6.42 Å². The lowest BCUT2D eigenvalue weighted by Gasteiger charge is -2.39. The summed E-state index contributed by atoms with van der Waals surface area (Å²) < 4.78 is 0. The fraction of sp³-hybridized carbons (Fsp3) is 0.450. The van der Waals surface area contributed by atoms with Crippen molar-refractivity contribution in [2.45, 2.75) is 82.1 Å². The third kappa shape index (κ3) is 10.4. The van der Waals surface area contributed by atoms with Gasteiger partial charge in [0.25, 0.3) is 0 Å². The van der Waals surface area contributed by atoms with Crippen LogP contribution >= 0.6 is 0 Å². The van der Waals surface area contributed by atoms with Gasteiger partial charge < -0.3 is 0 Å². The van der Waals surface area contributed by atoms with Crippen LogP contribution in [0.5, 0.6) is 0 Å². The van der Waals surface area contributed by atoms with Crippen molar-refractivity contribution in [2.75, 3.05) is 0 Å². The van der Waals surface area contributed by atoms with Crippen molar-refractivity contribution in [3.8, 4) is 11.8 Å². The van der Waals surface area contributed by atoms with Crippen LogP contribution in [-0.4, -0.2) is 23.1 Å². The van der Waals surface area contributed by atoms with Gasteiger partial charge in [0.15, 0.2) is 11.6 Å². The summed E-state index contributed by atoms with van der Waals surface area (Å²) in [4.78, 5) is 48.3. The number of Topliss-reactive ketones (excluding diaryl/α,β-unsaturated/α-hetero) is 4. The molecule has 44 heavy (non-hydrogen) atoms. The third-order valence-corrected chi connectivity index (χ3v) is 8.64. The molecule has 0 amide bonds. The van der Waals surface area contributed by atoms with E-state index in [9.17, 15) is 19.2 Å². The zero-order valence-corrected chi connectivity index (χ0v) is 28.3. The fourth-order valence-corrected chi connectivity index (χ4v) is 5.92. The van der Waals surface area contributed by atoms with E-state index in [-0.39, 0.29) is 64.1 Å². The Morgan fingerprint density at radius 1 is 0.636 bits per heavy atom. The molecular formula is C40H50O4. The number of allylic oxidation sites excluding steroid dienone is 16. The molecule has 234 valence electrons. The van der Waals surface area contributed by atoms with Crippen LogP contribution in [-0.2, 0) is 19.2 Å². The quantitative estimate of drug-likeness (QED) is 0.160. The van der Waals surface area contributed by atoms with Crippen LogP contribution in [0, 0.1) is 46.3 Å². The summed E-state index contributed by atoms with van der Waals surface area (Å²) in [5.74, 6) is 4.60. The third-order valence-electron chi connectivity index (χ3n) is 8.64. The van der Waals surface area contributed by atoms with Crippen LogP contribution in [0.3, 0.4) is 0 Å². The van der Waals surface area contributed by atoms with Crippen molar-refractivity contribution in [2.24, 2.45) is 34.5 Å². The van der Waals surface area contributed by atoms with E-state index in [4.69, 9.17) is 0 Å². The summed E-state index contributed by atoms with van der Waals surface area (Å²) in [5.41, 5.74) is 3.65. The van der Waals surface area contributed by atoms with Crippen molar-refractivity contribution in [1.82, 2.24) is 0 Å². The van der Waals surface area contributed by atoms with Crippen molar-refractivity contribution in [3.63, 3.8) is 0 Å². The van der Waals surface area contributed by atoms with E-state index in [1.807, 2.05) is 122 Å². The first-order valence-electron chi connectivity index (χ1n) is 15.5. The first kappa shape index (κ1) is 36.4. The van der Waals surface area contributed by atoms with Gasteiger partial charge in [-0.2, -0.15) is 0 Å². The average Bonchev–Trinajstić information content (AvgIpc) is 2.92. The van der Waals surface area contributed by atoms with E-state index in [2.05, 4.69) is 31.8 Å². The van der Waals surface area contributed by atoms with Crippen LogP contribution in [0.15, 0.2) is 95.2 Å². The lowest BCUT2D eigenvalue weighted by atomic mass is 9.63. The highest BCUT2D eigenvalue weighted by Crippen LogP contribution is 2.42. The highest BCUT2D eigenvalue weighted by Gasteiger charge is 2.45. The van der Waals surface area contributed by atoms with Gasteiger partial charge in [0.2, 0.25) is 11.6 Å². The maximum Gasteiger partial charge on any atom is 0.202 e. The minimum Gasteiger partial charge on any atom is -0.291 e. The molecule has 0 bridgehead atoms. The van der Waals surface area contributed by atoms with Gasteiger partial charge in [-0.25, -0.2) is 0 Å². The Kier molecular flexibility index (Phi) is 13.0. The molecule has 0 heterocycles. The van der Waals surface area contributed by atoms with Crippen LogP contribution in [0.2, 0.25) is 0 Å². The standard InChI is InChI=1S/C40H50O4/c1-27(17-13-19-29(3)21-23-33-31(5)37(43)35(41)25-39(33,7)8)15-11-12-16-28(2)18-14-20-30(4)22-24-34-32(6)38(44)36(42)26-40(34,9)10/h11-21,23,31-34H,25-26H2,1-10H3. The van der Waals surface area contributed by atoms with E-state index >= 15 is 0 Å². The second-order valence-corrected chi connectivity index (χ2v) is 13.8. The first-order valence-corrected chi connectivity index (χ1v) is 15.5. The highest BCUT2D eigenvalue weighted by molar-refractivity contribution is 6.39. The number of carbonyl (C=O) groups is 4. The van der Waals surface area contributed by atoms with E-state index in [1.165, 1.54) is 0 Å². The molecule has 2 aliphatic rings. The van der Waals surface area contributed by atoms with Gasteiger partial charge >= 0.3 is 0 Å². The molecule has 0 aromatic heterocycles. The first-order chi connectivity index (χ1) is 20.5. The minimum absolute atomic E-state index is 0.0387. The molecule has 0 spiro atoms. The second kappa shape index (κ2) is 15.8. The summed E-state index contributed by atoms with van der Waals surface area (Å²) in [5, 5.41) is 0. The molecule has 0 aromatic carbocycles. The Labute approximate surface area is 265 Å². The number of carbonyl (C=O) groups excluding carboxylic acids is 4. The van der Waals surface area contributed by atoms with Crippen molar-refractivity contribution in [1.29, 1.82) is 0 Å². The molecule has 4 heteroatoms. The molecule has 2 aliphatic carbocycles. The lowest BCUT2D eigenvalue weighted by Crippen LogP contribution is -2.43. The molecule has 2 fully saturated rings. The number of hydrogen-bond donors (Lipinski definition) is 0. The minimum atomic E-state index is -0.373. The fourth-order valence-electron chi connectivity index (χ4n) is 5.92. The Morgan fingerprint density at radius 2 is 1.09 bits per heavy atom. The zero-order valence-electron chi connectivity index (χ0n) is 28.3. The van der Waals surface area contributed by atoms with E-state index < -0.39 is 0 Å². The molecule has 4 unspecified atom stereocenters. The Bertz CT molecular complexity index is 1450. The number of hydrogen-bond acceptors (Lipinski definition) is 4. The zero-order chi connectivity index (χ0) is 33.2. The largest absolute Gasteiger partial charge is 0.291 e. The molecule has 2 saturated carbocycles. The molecule has 4 atom stereocenters. The summed E-state index contributed by atoms with van der Waals surface area (Å²) in [7, 11) is 0. The van der Waals surface area contributed by atoms with Crippen LogP contribution in [0.25, 0.3) is 0 Å². The van der Waals surface area contributed by atoms with E-state index in [0.717, 1.165) is 22.3 Å². The number of ketones is 4. The monoisotopic (exact) mass is 594 g/mol. The molecule has 0 aliphatic heterocycles. The summed E-state index contributed by atoms with van der Waals surface area (Å²) >= 11 is 0. The van der Waals surface area contributed by atoms with Crippen LogP contribution in [0.4, 0.5) is 0 Å². The lowest BCUT2D eigenvalue weighted by molar-refractivity contribution is -0.145. The van der Waals surface area contributed by atoms with Gasteiger partial charge in [0.05, 0.1) is 0 Å². The SMILES string of the molecule is CC(C#CC1C(C)C(=O)C(=O)CC1(C)C)=CC=CC(C)=CC=CC=C(C)C=CC=C(C)C=CC1C(C)C(=O)C(=O)CC1(C)C. The summed E-state index contributed by atoms with van der Waals surface area (Å²) in [6.45, 7) is 19.8. The maximum absolute atomic E-state index is 12.2. The van der Waals surface area contributed by atoms with E-state index in [1.54, 1.807) is 0 Å². The molecule has 0 aromatic rings. The van der Waals surface area contributed by atoms with Gasteiger partial charge in [0, 0.05) is 30.6 Å². The maximum atomic E-state index is 12.2. The molecule has 0 saturated heterocycles. The Balaban J connectivity index is 1.92. The van der Waals surface area contributed by atoms with Gasteiger partial charge in [-0.1, -0.05) is 143 Å². The summed E-state index contributed by atoms with van der Waals surface area (Å²) in [6.07, 6.45) is 24.8. The molecule has 0 radical (unpaired) electrons. The predicted molar refractivity (Wildman–Crippen MR) is 181 cm³/mol. The Hall–Kier alpha value is -3.84. The topological polar surface area (TPSA) is 68.3 Å². The highest BCUT2D eigenvalue weighted by atomic mass is 16.2. The second-order valence-electron chi connectivity index (χ2n) is 13.8. The van der Waals surface area contributed by atoms with Gasteiger partial charge in [0.1, 0.15) is 0 Å². The molecular weight excluding hydrogens is 544 g/mol. The smallest absolute Gasteiger partial charge is 0.202 e. The normalized spacial score (nSPS) is 27.2. The van der Waals surface area contributed by atoms with Crippen LogP contribution < -0.4 is 0 Å².